The number of aryl methyl sites for hydroxylation is 1. The lowest BCUT2D eigenvalue weighted by Crippen LogP contribution is -2.09. The van der Waals surface area contributed by atoms with Gasteiger partial charge in [-0.2, -0.15) is 13.2 Å². The second kappa shape index (κ2) is 6.20. The van der Waals surface area contributed by atoms with Crippen molar-refractivity contribution in [2.24, 2.45) is 0 Å². The van der Waals surface area contributed by atoms with Gasteiger partial charge < -0.3 is 4.79 Å². The molecule has 0 aliphatic heterocycles. The van der Waals surface area contributed by atoms with Gasteiger partial charge in [0, 0.05) is 12.1 Å². The van der Waals surface area contributed by atoms with Crippen LogP contribution in [-0.4, -0.2) is 11.2 Å². The van der Waals surface area contributed by atoms with Crippen molar-refractivity contribution in [3.8, 4) is 11.1 Å². The molecule has 0 saturated heterocycles. The average molecular weight is 322 g/mol. The Kier molecular flexibility index (Phi) is 4.49. The second-order valence-corrected chi connectivity index (χ2v) is 4.86. The Hall–Kier alpha value is -2.70. The molecule has 2 aromatic rings. The van der Waals surface area contributed by atoms with Gasteiger partial charge in [-0.1, -0.05) is 6.07 Å². The number of hydrogen-bond donors (Lipinski definition) is 0. The predicted molar refractivity (Wildman–Crippen MR) is 77.7 cm³/mol. The van der Waals surface area contributed by atoms with Crippen molar-refractivity contribution in [2.75, 3.05) is 0 Å². The van der Waals surface area contributed by atoms with Crippen molar-refractivity contribution in [3.05, 3.63) is 69.6 Å². The highest BCUT2D eigenvalue weighted by atomic mass is 19.4. The molecular weight excluding hydrogens is 311 g/mol. The Morgan fingerprint density at radius 3 is 2.22 bits per heavy atom. The van der Waals surface area contributed by atoms with Gasteiger partial charge in [0.2, 0.25) is 0 Å². The number of halogens is 3. The SMILES string of the molecule is Cc1cc(-c2ccc([N+](=O)[O-])cc2)c(C(F)(F)F)cc1[CH]C=O. The zero-order valence-corrected chi connectivity index (χ0v) is 11.9. The molecule has 0 unspecified atom stereocenters. The minimum absolute atomic E-state index is 0.0899. The maximum Gasteiger partial charge on any atom is 0.417 e. The van der Waals surface area contributed by atoms with Gasteiger partial charge >= 0.3 is 6.18 Å². The summed E-state index contributed by atoms with van der Waals surface area (Å²) in [5.41, 5.74) is -0.303. The van der Waals surface area contributed by atoms with Crippen LogP contribution in [0.3, 0.4) is 0 Å². The normalized spacial score (nSPS) is 11.3. The molecule has 4 nitrogen and oxygen atoms in total. The Balaban J connectivity index is 2.62. The lowest BCUT2D eigenvalue weighted by molar-refractivity contribution is -0.384. The predicted octanol–water partition coefficient (Wildman–Crippen LogP) is 4.34. The first-order valence-electron chi connectivity index (χ1n) is 6.49. The maximum absolute atomic E-state index is 13.3. The molecular formula is C16H11F3NO3. The van der Waals surface area contributed by atoms with E-state index in [0.717, 1.165) is 24.6 Å². The number of hydrogen-bond acceptors (Lipinski definition) is 3. The fraction of sp³-hybridized carbons (Fsp3) is 0.125. The van der Waals surface area contributed by atoms with E-state index in [4.69, 9.17) is 0 Å². The summed E-state index contributed by atoms with van der Waals surface area (Å²) in [6.07, 6.45) is -3.13. The lowest BCUT2D eigenvalue weighted by atomic mass is 9.93. The quantitative estimate of drug-likeness (QED) is 0.478. The summed E-state index contributed by atoms with van der Waals surface area (Å²) in [4.78, 5) is 20.6. The van der Waals surface area contributed by atoms with Crippen LogP contribution in [0, 0.1) is 23.5 Å². The van der Waals surface area contributed by atoms with Crippen molar-refractivity contribution in [3.63, 3.8) is 0 Å². The molecule has 0 atom stereocenters. The molecule has 7 heteroatoms. The van der Waals surface area contributed by atoms with Gasteiger partial charge in [0.25, 0.3) is 5.69 Å². The number of benzene rings is 2. The number of alkyl halides is 3. The largest absolute Gasteiger partial charge is 0.417 e. The van der Waals surface area contributed by atoms with Gasteiger partial charge in [0.05, 0.1) is 16.9 Å². The number of nitro benzene ring substituents is 1. The monoisotopic (exact) mass is 322 g/mol. The van der Waals surface area contributed by atoms with Crippen LogP contribution in [0.15, 0.2) is 36.4 Å². The molecule has 1 radical (unpaired) electrons. The minimum atomic E-state index is -4.61. The summed E-state index contributed by atoms with van der Waals surface area (Å²) in [5, 5.41) is 10.6. The summed E-state index contributed by atoms with van der Waals surface area (Å²) in [6, 6.07) is 7.06. The van der Waals surface area contributed by atoms with Crippen molar-refractivity contribution >= 4 is 12.0 Å². The second-order valence-electron chi connectivity index (χ2n) is 4.86. The van der Waals surface area contributed by atoms with E-state index >= 15 is 0 Å². The number of aldehydes is 1. The van der Waals surface area contributed by atoms with Gasteiger partial charge in [-0.15, -0.1) is 0 Å². The van der Waals surface area contributed by atoms with E-state index in [1.165, 1.54) is 18.2 Å². The minimum Gasteiger partial charge on any atom is -0.303 e. The smallest absolute Gasteiger partial charge is 0.303 e. The van der Waals surface area contributed by atoms with Gasteiger partial charge in [0.15, 0.2) is 0 Å². The molecule has 0 amide bonds. The third kappa shape index (κ3) is 3.56. The van der Waals surface area contributed by atoms with Crippen LogP contribution in [0.5, 0.6) is 0 Å². The number of nitro groups is 1. The number of carbonyl (C=O) groups excluding carboxylic acids is 1. The van der Waals surface area contributed by atoms with Gasteiger partial charge in [-0.3, -0.25) is 10.1 Å². The first kappa shape index (κ1) is 16.7. The van der Waals surface area contributed by atoms with Crippen LogP contribution in [-0.2, 0) is 11.0 Å². The molecule has 2 aromatic carbocycles. The van der Waals surface area contributed by atoms with Crippen molar-refractivity contribution in [1.29, 1.82) is 0 Å². The highest BCUT2D eigenvalue weighted by molar-refractivity contribution is 5.75. The van der Waals surface area contributed by atoms with Crippen LogP contribution in [0.4, 0.5) is 18.9 Å². The third-order valence-corrected chi connectivity index (χ3v) is 3.35. The molecule has 0 N–H and O–H groups in total. The molecule has 0 fully saturated rings. The van der Waals surface area contributed by atoms with Crippen LogP contribution < -0.4 is 0 Å². The number of rotatable bonds is 4. The summed E-state index contributed by atoms with van der Waals surface area (Å²) < 4.78 is 39.8. The molecule has 0 aromatic heterocycles. The standard InChI is InChI=1S/C16H11F3NO3/c1-10-8-14(11-2-4-13(5-3-11)20(22)23)15(16(17,18)19)9-12(10)6-7-21/h2-9H,1H3. The van der Waals surface area contributed by atoms with Gasteiger partial charge in [-0.05, 0) is 47.4 Å². The Morgan fingerprint density at radius 1 is 1.13 bits per heavy atom. The van der Waals surface area contributed by atoms with Gasteiger partial charge in [-0.25, -0.2) is 0 Å². The van der Waals surface area contributed by atoms with Crippen LogP contribution in [0.1, 0.15) is 16.7 Å². The first-order valence-corrected chi connectivity index (χ1v) is 6.49. The first-order chi connectivity index (χ1) is 10.7. The van der Waals surface area contributed by atoms with Crippen molar-refractivity contribution in [2.45, 2.75) is 13.1 Å². The Labute approximate surface area is 129 Å². The van der Waals surface area contributed by atoms with E-state index in [9.17, 15) is 28.1 Å². The molecule has 0 spiro atoms. The van der Waals surface area contributed by atoms with E-state index in [1.807, 2.05) is 0 Å². The molecule has 0 saturated carbocycles. The Morgan fingerprint density at radius 2 is 1.74 bits per heavy atom. The lowest BCUT2D eigenvalue weighted by Gasteiger charge is -2.16. The van der Waals surface area contributed by atoms with E-state index < -0.39 is 16.7 Å². The molecule has 0 bridgehead atoms. The number of nitrogens with zero attached hydrogens (tertiary/aromatic N) is 1. The third-order valence-electron chi connectivity index (χ3n) is 3.35. The molecule has 0 aliphatic carbocycles. The highest BCUT2D eigenvalue weighted by Gasteiger charge is 2.34. The van der Waals surface area contributed by atoms with E-state index in [-0.39, 0.29) is 22.4 Å². The Bertz CT molecular complexity index is 752. The fourth-order valence-corrected chi connectivity index (χ4v) is 2.21. The van der Waals surface area contributed by atoms with Crippen molar-refractivity contribution in [1.82, 2.24) is 0 Å². The molecule has 2 rings (SSSR count). The highest BCUT2D eigenvalue weighted by Crippen LogP contribution is 2.39. The van der Waals surface area contributed by atoms with E-state index in [2.05, 4.69) is 0 Å². The zero-order chi connectivity index (χ0) is 17.2. The summed E-state index contributed by atoms with van der Waals surface area (Å²) >= 11 is 0. The van der Waals surface area contributed by atoms with Crippen molar-refractivity contribution < 1.29 is 22.9 Å². The van der Waals surface area contributed by atoms with Crippen LogP contribution >= 0.6 is 0 Å². The van der Waals surface area contributed by atoms with E-state index in [1.54, 1.807) is 6.92 Å². The summed E-state index contributed by atoms with van der Waals surface area (Å²) in [5.74, 6) is 0. The topological polar surface area (TPSA) is 60.2 Å². The van der Waals surface area contributed by atoms with Gasteiger partial charge in [0.1, 0.15) is 6.29 Å². The summed E-state index contributed by atoms with van der Waals surface area (Å²) in [7, 11) is 0. The molecule has 0 heterocycles. The average Bonchev–Trinajstić information content (AvgIpc) is 2.48. The molecule has 23 heavy (non-hydrogen) atoms. The molecule has 119 valence electrons. The van der Waals surface area contributed by atoms with Crippen LogP contribution in [0.25, 0.3) is 11.1 Å². The van der Waals surface area contributed by atoms with E-state index in [0.29, 0.717) is 11.8 Å². The summed E-state index contributed by atoms with van der Waals surface area (Å²) in [6.45, 7) is 1.59. The maximum atomic E-state index is 13.3. The number of carbonyl (C=O) groups is 1. The van der Waals surface area contributed by atoms with Crippen LogP contribution in [0.2, 0.25) is 0 Å². The molecule has 0 aliphatic rings. The fourth-order valence-electron chi connectivity index (χ4n) is 2.21. The zero-order valence-electron chi connectivity index (χ0n) is 11.9. The number of non-ortho nitro benzene ring substituents is 1.